The molecule has 0 unspecified atom stereocenters. The van der Waals surface area contributed by atoms with Crippen molar-refractivity contribution in [1.82, 2.24) is 15.1 Å². The molecule has 0 amide bonds. The number of aromatic hydroxyl groups is 1. The Morgan fingerprint density at radius 2 is 2.14 bits per heavy atom. The predicted molar refractivity (Wildman–Crippen MR) is 78.0 cm³/mol. The molecule has 0 aliphatic heterocycles. The third kappa shape index (κ3) is 3.88. The molecule has 1 aromatic carbocycles. The van der Waals surface area contributed by atoms with E-state index in [1.54, 1.807) is 6.07 Å². The monoisotopic (exact) mass is 291 g/mol. The highest BCUT2D eigenvalue weighted by Gasteiger charge is 2.10. The van der Waals surface area contributed by atoms with Crippen molar-refractivity contribution < 1.29 is 9.50 Å². The molecule has 0 spiro atoms. The van der Waals surface area contributed by atoms with Crippen LogP contribution in [0.2, 0.25) is 0 Å². The molecule has 0 atom stereocenters. The van der Waals surface area contributed by atoms with Gasteiger partial charge in [-0.05, 0) is 30.7 Å². The van der Waals surface area contributed by atoms with Gasteiger partial charge in [-0.2, -0.15) is 9.78 Å². The van der Waals surface area contributed by atoms with Gasteiger partial charge < -0.3 is 10.4 Å². The Hall–Kier alpha value is -2.21. The summed E-state index contributed by atoms with van der Waals surface area (Å²) in [5.41, 5.74) is 0.162. The van der Waals surface area contributed by atoms with Crippen LogP contribution in [0.25, 0.3) is 5.69 Å². The van der Waals surface area contributed by atoms with Crippen molar-refractivity contribution in [3.8, 4) is 11.4 Å². The third-order valence-corrected chi connectivity index (χ3v) is 2.88. The summed E-state index contributed by atoms with van der Waals surface area (Å²) in [6.07, 6.45) is 0. The van der Waals surface area contributed by atoms with Crippen molar-refractivity contribution in [1.29, 1.82) is 0 Å². The Morgan fingerprint density at radius 1 is 1.38 bits per heavy atom. The minimum absolute atomic E-state index is 0.163. The molecule has 1 heterocycles. The average molecular weight is 291 g/mol. The van der Waals surface area contributed by atoms with E-state index in [0.29, 0.717) is 23.8 Å². The highest BCUT2D eigenvalue weighted by molar-refractivity contribution is 5.33. The van der Waals surface area contributed by atoms with E-state index < -0.39 is 11.4 Å². The molecule has 0 saturated carbocycles. The summed E-state index contributed by atoms with van der Waals surface area (Å²) < 4.78 is 14.3. The standard InChI is InChI=1S/C15H18FN3O2/c1-10(2)8-17-9-13-14(20)7-15(21)19(18-13)12-5-3-4-11(16)6-12/h3-7,10,17,20H,8-9H2,1-2H3. The minimum atomic E-state index is -0.509. The van der Waals surface area contributed by atoms with Crippen molar-refractivity contribution >= 4 is 0 Å². The first kappa shape index (κ1) is 15.2. The number of rotatable bonds is 5. The van der Waals surface area contributed by atoms with Crippen molar-refractivity contribution in [2.24, 2.45) is 5.92 Å². The quantitative estimate of drug-likeness (QED) is 0.882. The molecule has 2 rings (SSSR count). The lowest BCUT2D eigenvalue weighted by Crippen LogP contribution is -2.25. The lowest BCUT2D eigenvalue weighted by Gasteiger charge is -2.11. The van der Waals surface area contributed by atoms with E-state index in [-0.39, 0.29) is 5.75 Å². The van der Waals surface area contributed by atoms with Crippen LogP contribution in [0.15, 0.2) is 35.1 Å². The SMILES string of the molecule is CC(C)CNCc1nn(-c2cccc(F)c2)c(=O)cc1O. The molecule has 1 aromatic heterocycles. The first-order valence-corrected chi connectivity index (χ1v) is 6.76. The number of hydrogen-bond donors (Lipinski definition) is 2. The van der Waals surface area contributed by atoms with Crippen molar-refractivity contribution in [2.75, 3.05) is 6.54 Å². The maximum atomic E-state index is 13.3. The van der Waals surface area contributed by atoms with E-state index in [1.165, 1.54) is 18.2 Å². The van der Waals surface area contributed by atoms with Crippen LogP contribution in [0.3, 0.4) is 0 Å². The second-order valence-corrected chi connectivity index (χ2v) is 5.23. The predicted octanol–water partition coefficient (Wildman–Crippen LogP) is 1.82. The zero-order valence-corrected chi connectivity index (χ0v) is 12.0. The third-order valence-electron chi connectivity index (χ3n) is 2.88. The van der Waals surface area contributed by atoms with E-state index in [2.05, 4.69) is 24.3 Å². The van der Waals surface area contributed by atoms with E-state index in [0.717, 1.165) is 17.3 Å². The van der Waals surface area contributed by atoms with Gasteiger partial charge in [0.1, 0.15) is 17.3 Å². The van der Waals surface area contributed by atoms with Gasteiger partial charge in [0.2, 0.25) is 0 Å². The molecule has 5 nitrogen and oxygen atoms in total. The molecular formula is C15H18FN3O2. The van der Waals surface area contributed by atoms with Crippen molar-refractivity contribution in [3.05, 3.63) is 52.2 Å². The molecule has 0 aliphatic rings. The first-order valence-electron chi connectivity index (χ1n) is 6.76. The Bertz CT molecular complexity index is 683. The van der Waals surface area contributed by atoms with Crippen LogP contribution in [-0.4, -0.2) is 21.4 Å². The molecular weight excluding hydrogens is 273 g/mol. The van der Waals surface area contributed by atoms with Gasteiger partial charge in [0, 0.05) is 12.6 Å². The smallest absolute Gasteiger partial charge is 0.275 e. The van der Waals surface area contributed by atoms with Gasteiger partial charge in [-0.3, -0.25) is 4.79 Å². The highest BCUT2D eigenvalue weighted by Crippen LogP contribution is 2.13. The van der Waals surface area contributed by atoms with E-state index in [4.69, 9.17) is 0 Å². The maximum Gasteiger partial charge on any atom is 0.275 e. The van der Waals surface area contributed by atoms with Crippen LogP contribution in [0.1, 0.15) is 19.5 Å². The summed E-state index contributed by atoms with van der Waals surface area (Å²) >= 11 is 0. The summed E-state index contributed by atoms with van der Waals surface area (Å²) in [5, 5.41) is 17.0. The van der Waals surface area contributed by atoms with Gasteiger partial charge in [0.05, 0.1) is 5.69 Å². The molecule has 112 valence electrons. The highest BCUT2D eigenvalue weighted by atomic mass is 19.1. The summed E-state index contributed by atoms with van der Waals surface area (Å²) in [7, 11) is 0. The van der Waals surface area contributed by atoms with Gasteiger partial charge >= 0.3 is 0 Å². The Labute approximate surface area is 122 Å². The normalized spacial score (nSPS) is 11.0. The number of hydrogen-bond acceptors (Lipinski definition) is 4. The van der Waals surface area contributed by atoms with Crippen LogP contribution in [-0.2, 0) is 6.54 Å². The first-order chi connectivity index (χ1) is 9.97. The molecule has 0 aliphatic carbocycles. The largest absolute Gasteiger partial charge is 0.506 e. The fourth-order valence-electron chi connectivity index (χ4n) is 1.88. The fourth-order valence-corrected chi connectivity index (χ4v) is 1.88. The van der Waals surface area contributed by atoms with Crippen LogP contribution < -0.4 is 10.9 Å². The number of nitrogens with zero attached hydrogens (tertiary/aromatic N) is 2. The lowest BCUT2D eigenvalue weighted by molar-refractivity contribution is 0.447. The molecule has 2 N–H and O–H groups in total. The van der Waals surface area contributed by atoms with E-state index in [9.17, 15) is 14.3 Å². The summed E-state index contributed by atoms with van der Waals surface area (Å²) in [6.45, 7) is 5.22. The molecule has 0 saturated heterocycles. The topological polar surface area (TPSA) is 67.2 Å². The average Bonchev–Trinajstić information content (AvgIpc) is 2.40. The van der Waals surface area contributed by atoms with Crippen LogP contribution >= 0.6 is 0 Å². The molecule has 0 fully saturated rings. The zero-order valence-electron chi connectivity index (χ0n) is 12.0. The molecule has 21 heavy (non-hydrogen) atoms. The Kier molecular flexibility index (Phi) is 4.70. The second-order valence-electron chi connectivity index (χ2n) is 5.23. The summed E-state index contributed by atoms with van der Waals surface area (Å²) in [4.78, 5) is 11.9. The van der Waals surface area contributed by atoms with E-state index >= 15 is 0 Å². The summed E-state index contributed by atoms with van der Waals surface area (Å²) in [6, 6.07) is 6.68. The number of halogens is 1. The van der Waals surface area contributed by atoms with Gasteiger partial charge in [-0.15, -0.1) is 0 Å². The van der Waals surface area contributed by atoms with Gasteiger partial charge in [-0.1, -0.05) is 19.9 Å². The fraction of sp³-hybridized carbons (Fsp3) is 0.333. The van der Waals surface area contributed by atoms with Crippen molar-refractivity contribution in [3.63, 3.8) is 0 Å². The summed E-state index contributed by atoms with van der Waals surface area (Å²) in [5.74, 6) is -0.154. The van der Waals surface area contributed by atoms with Crippen LogP contribution in [0.4, 0.5) is 4.39 Å². The van der Waals surface area contributed by atoms with Gasteiger partial charge in [0.25, 0.3) is 5.56 Å². The molecule has 2 aromatic rings. The number of nitrogens with one attached hydrogen (secondary N) is 1. The number of aromatic nitrogens is 2. The maximum absolute atomic E-state index is 13.3. The molecule has 0 radical (unpaired) electrons. The molecule has 0 bridgehead atoms. The van der Waals surface area contributed by atoms with Crippen LogP contribution in [0, 0.1) is 11.7 Å². The van der Waals surface area contributed by atoms with Crippen LogP contribution in [0.5, 0.6) is 5.75 Å². The number of benzene rings is 1. The Morgan fingerprint density at radius 3 is 2.81 bits per heavy atom. The molecule has 6 heteroatoms. The van der Waals surface area contributed by atoms with Gasteiger partial charge in [-0.25, -0.2) is 4.39 Å². The Balaban J connectivity index is 2.32. The van der Waals surface area contributed by atoms with Crippen molar-refractivity contribution in [2.45, 2.75) is 20.4 Å². The minimum Gasteiger partial charge on any atom is -0.506 e. The lowest BCUT2D eigenvalue weighted by atomic mass is 10.2. The zero-order chi connectivity index (χ0) is 15.4. The van der Waals surface area contributed by atoms with Gasteiger partial charge in [0.15, 0.2) is 0 Å². The van der Waals surface area contributed by atoms with E-state index in [1.807, 2.05) is 0 Å². The second kappa shape index (κ2) is 6.49.